The first-order valence-electron chi connectivity index (χ1n) is 8.22. The highest BCUT2D eigenvalue weighted by molar-refractivity contribution is 6.30. The first kappa shape index (κ1) is 17.7. The Morgan fingerprint density at radius 3 is 2.69 bits per heavy atom. The lowest BCUT2D eigenvalue weighted by molar-refractivity contribution is 0.102. The summed E-state index contributed by atoms with van der Waals surface area (Å²) in [6, 6.07) is 16.7. The monoisotopic (exact) mass is 364 g/mol. The highest BCUT2D eigenvalue weighted by Crippen LogP contribution is 2.20. The number of nitrogens with one attached hydrogen (secondary N) is 1. The summed E-state index contributed by atoms with van der Waals surface area (Å²) in [6.45, 7) is 1.98. The Balaban J connectivity index is 1.85. The van der Waals surface area contributed by atoms with Gasteiger partial charge < -0.3 is 5.32 Å². The quantitative estimate of drug-likeness (QED) is 0.729. The Hall–Kier alpha value is -3.10. The molecule has 3 rings (SSSR count). The summed E-state index contributed by atoms with van der Waals surface area (Å²) in [5.41, 5.74) is 3.73. The molecule has 0 saturated heterocycles. The fourth-order valence-corrected chi connectivity index (χ4v) is 2.91. The number of benzene rings is 2. The third-order valence-corrected chi connectivity index (χ3v) is 4.23. The Kier molecular flexibility index (Phi) is 5.35. The van der Waals surface area contributed by atoms with Crippen molar-refractivity contribution >= 4 is 23.2 Å². The van der Waals surface area contributed by atoms with Gasteiger partial charge >= 0.3 is 0 Å². The van der Waals surface area contributed by atoms with Crippen LogP contribution in [0.25, 0.3) is 5.69 Å². The molecule has 0 saturated carbocycles. The smallest absolute Gasteiger partial charge is 0.259 e. The number of carbonyl (C=O) groups excluding carboxylic acids is 1. The topological polar surface area (TPSA) is 70.7 Å². The molecule has 1 aromatic heterocycles. The second-order valence-corrected chi connectivity index (χ2v) is 6.17. The molecule has 2 aromatic carbocycles. The van der Waals surface area contributed by atoms with Crippen molar-refractivity contribution in [2.24, 2.45) is 0 Å². The van der Waals surface area contributed by atoms with Crippen LogP contribution in [0.4, 0.5) is 5.69 Å². The number of nitrogens with zero attached hydrogens (tertiary/aromatic N) is 3. The van der Waals surface area contributed by atoms with Crippen LogP contribution in [0.3, 0.4) is 0 Å². The molecule has 0 radical (unpaired) electrons. The number of hydrogen-bond acceptors (Lipinski definition) is 3. The zero-order valence-corrected chi connectivity index (χ0v) is 15.0. The first-order chi connectivity index (χ1) is 12.6. The van der Waals surface area contributed by atoms with Crippen molar-refractivity contribution in [2.75, 3.05) is 5.32 Å². The van der Waals surface area contributed by atoms with Crippen molar-refractivity contribution in [3.63, 3.8) is 0 Å². The molecule has 26 heavy (non-hydrogen) atoms. The van der Waals surface area contributed by atoms with E-state index in [0.717, 1.165) is 16.9 Å². The lowest BCUT2D eigenvalue weighted by Crippen LogP contribution is -2.14. The van der Waals surface area contributed by atoms with Crippen LogP contribution in [0.5, 0.6) is 0 Å². The Morgan fingerprint density at radius 2 is 2.04 bits per heavy atom. The van der Waals surface area contributed by atoms with Gasteiger partial charge in [0.25, 0.3) is 5.91 Å². The van der Waals surface area contributed by atoms with E-state index in [1.807, 2.05) is 37.3 Å². The van der Waals surface area contributed by atoms with Gasteiger partial charge in [0.15, 0.2) is 0 Å². The lowest BCUT2D eigenvalue weighted by Gasteiger charge is -2.09. The third kappa shape index (κ3) is 3.76. The fraction of sp³-hybridized carbons (Fsp3) is 0.150. The summed E-state index contributed by atoms with van der Waals surface area (Å²) >= 11 is 6.06. The molecule has 0 fully saturated rings. The first-order valence-corrected chi connectivity index (χ1v) is 8.60. The molecule has 0 spiro atoms. The van der Waals surface area contributed by atoms with E-state index in [4.69, 9.17) is 16.9 Å². The maximum Gasteiger partial charge on any atom is 0.259 e. The minimum absolute atomic E-state index is 0.219. The van der Waals surface area contributed by atoms with Crippen LogP contribution < -0.4 is 5.32 Å². The maximum absolute atomic E-state index is 12.7. The minimum atomic E-state index is -0.219. The summed E-state index contributed by atoms with van der Waals surface area (Å²) in [7, 11) is 0. The molecule has 0 aliphatic rings. The fourth-order valence-electron chi connectivity index (χ4n) is 2.73. The van der Waals surface area contributed by atoms with Gasteiger partial charge in [-0.1, -0.05) is 36.7 Å². The van der Waals surface area contributed by atoms with Crippen LogP contribution in [-0.2, 0) is 12.8 Å². The van der Waals surface area contributed by atoms with Crippen molar-refractivity contribution in [1.82, 2.24) is 9.78 Å². The van der Waals surface area contributed by atoms with Crippen LogP contribution in [0.1, 0.15) is 28.5 Å². The molecule has 0 aliphatic carbocycles. The Bertz CT molecular complexity index is 970. The second-order valence-electron chi connectivity index (χ2n) is 5.74. The number of amides is 1. The van der Waals surface area contributed by atoms with Gasteiger partial charge in [-0.05, 0) is 42.3 Å². The van der Waals surface area contributed by atoms with Crippen molar-refractivity contribution in [3.05, 3.63) is 76.6 Å². The number of halogens is 1. The second kappa shape index (κ2) is 7.85. The summed E-state index contributed by atoms with van der Waals surface area (Å²) in [6.07, 6.45) is 2.57. The van der Waals surface area contributed by atoms with Gasteiger partial charge in [0.05, 0.1) is 35.6 Å². The van der Waals surface area contributed by atoms with Crippen molar-refractivity contribution < 1.29 is 4.79 Å². The number of hydrogen-bond donors (Lipinski definition) is 1. The van der Waals surface area contributed by atoms with E-state index in [0.29, 0.717) is 29.1 Å². The molecule has 0 atom stereocenters. The van der Waals surface area contributed by atoms with E-state index in [9.17, 15) is 4.79 Å². The van der Waals surface area contributed by atoms with E-state index in [2.05, 4.69) is 16.5 Å². The Morgan fingerprint density at radius 1 is 1.27 bits per heavy atom. The van der Waals surface area contributed by atoms with E-state index in [1.165, 1.54) is 0 Å². The number of nitriles is 1. The average molecular weight is 365 g/mol. The predicted molar refractivity (Wildman–Crippen MR) is 102 cm³/mol. The van der Waals surface area contributed by atoms with Gasteiger partial charge in [-0.3, -0.25) is 4.79 Å². The molecule has 6 heteroatoms. The van der Waals surface area contributed by atoms with Crippen LogP contribution in [0.15, 0.2) is 54.7 Å². The highest BCUT2D eigenvalue weighted by Gasteiger charge is 2.17. The van der Waals surface area contributed by atoms with Crippen LogP contribution in [-0.4, -0.2) is 15.7 Å². The maximum atomic E-state index is 12.7. The molecule has 130 valence electrons. The normalized spacial score (nSPS) is 10.3. The molecular formula is C20H17ClN4O. The van der Waals surface area contributed by atoms with Crippen LogP contribution >= 0.6 is 11.6 Å². The average Bonchev–Trinajstić information content (AvgIpc) is 3.08. The number of aromatic nitrogens is 2. The summed E-state index contributed by atoms with van der Waals surface area (Å²) in [5, 5.41) is 16.6. The van der Waals surface area contributed by atoms with Crippen molar-refractivity contribution in [2.45, 2.75) is 19.8 Å². The van der Waals surface area contributed by atoms with Gasteiger partial charge in [-0.15, -0.1) is 0 Å². The van der Waals surface area contributed by atoms with Crippen molar-refractivity contribution in [1.29, 1.82) is 5.26 Å². The van der Waals surface area contributed by atoms with Crippen LogP contribution in [0.2, 0.25) is 5.02 Å². The largest absolute Gasteiger partial charge is 0.322 e. The molecule has 1 amide bonds. The lowest BCUT2D eigenvalue weighted by atomic mass is 10.1. The number of carbonyl (C=O) groups is 1. The van der Waals surface area contributed by atoms with E-state index >= 15 is 0 Å². The molecule has 0 unspecified atom stereocenters. The zero-order chi connectivity index (χ0) is 18.5. The number of rotatable bonds is 5. The summed E-state index contributed by atoms with van der Waals surface area (Å²) < 4.78 is 1.73. The van der Waals surface area contributed by atoms with E-state index in [1.54, 1.807) is 29.1 Å². The van der Waals surface area contributed by atoms with Crippen LogP contribution in [0, 0.1) is 11.3 Å². The zero-order valence-electron chi connectivity index (χ0n) is 14.2. The van der Waals surface area contributed by atoms with E-state index in [-0.39, 0.29) is 5.91 Å². The predicted octanol–water partition coefficient (Wildman–Crippen LogP) is 4.41. The standard InChI is InChI=1S/C20H17ClN4O/c1-2-19-18(13-23-25(19)17-5-3-4-15(21)12-17)20(26)24-16-8-6-14(7-9-16)10-11-22/h3-9,12-13H,2,10H2,1H3,(H,24,26). The SMILES string of the molecule is CCc1c(C(=O)Nc2ccc(CC#N)cc2)cnn1-c1cccc(Cl)c1. The van der Waals surface area contributed by atoms with Gasteiger partial charge in [-0.2, -0.15) is 10.4 Å². The molecule has 1 N–H and O–H groups in total. The molecular weight excluding hydrogens is 348 g/mol. The molecule has 3 aromatic rings. The number of anilines is 1. The molecule has 1 heterocycles. The molecule has 0 aliphatic heterocycles. The van der Waals surface area contributed by atoms with Gasteiger partial charge in [0, 0.05) is 10.7 Å². The minimum Gasteiger partial charge on any atom is -0.322 e. The van der Waals surface area contributed by atoms with Gasteiger partial charge in [-0.25, -0.2) is 4.68 Å². The molecule has 5 nitrogen and oxygen atoms in total. The highest BCUT2D eigenvalue weighted by atomic mass is 35.5. The van der Waals surface area contributed by atoms with Crippen molar-refractivity contribution in [3.8, 4) is 11.8 Å². The van der Waals surface area contributed by atoms with Gasteiger partial charge in [0.2, 0.25) is 0 Å². The van der Waals surface area contributed by atoms with Gasteiger partial charge in [0.1, 0.15) is 0 Å². The summed E-state index contributed by atoms with van der Waals surface area (Å²) in [5.74, 6) is -0.219. The molecule has 0 bridgehead atoms. The Labute approximate surface area is 156 Å². The third-order valence-electron chi connectivity index (χ3n) is 4.00. The van der Waals surface area contributed by atoms with E-state index < -0.39 is 0 Å². The summed E-state index contributed by atoms with van der Waals surface area (Å²) in [4.78, 5) is 12.7.